The van der Waals surface area contributed by atoms with E-state index in [2.05, 4.69) is 62.6 Å². The zero-order chi connectivity index (χ0) is 31.9. The van der Waals surface area contributed by atoms with Crippen LogP contribution < -0.4 is 14.9 Å². The van der Waals surface area contributed by atoms with Crippen molar-refractivity contribution in [3.63, 3.8) is 0 Å². The number of hydrogen-bond acceptors (Lipinski definition) is 5. The van der Waals surface area contributed by atoms with Gasteiger partial charge in [-0.25, -0.2) is 14.5 Å². The number of benzene rings is 3. The highest BCUT2D eigenvalue weighted by molar-refractivity contribution is 7.07. The summed E-state index contributed by atoms with van der Waals surface area (Å²) in [6, 6.07) is 18.9. The molecule has 1 aliphatic carbocycles. The normalized spacial score (nSPS) is 14.5. The Kier molecular flexibility index (Phi) is 7.86. The maximum atomic E-state index is 13.3. The number of carbonyl (C=O) groups excluding carboxylic acids is 1. The first-order chi connectivity index (χ1) is 21.4. The average molecular weight is 633 g/mol. The Morgan fingerprint density at radius 2 is 1.76 bits per heavy atom. The van der Waals surface area contributed by atoms with E-state index in [9.17, 15) is 18.0 Å². The molecule has 1 fully saturated rings. The van der Waals surface area contributed by atoms with Crippen LogP contribution in [-0.4, -0.2) is 31.7 Å². The van der Waals surface area contributed by atoms with Gasteiger partial charge in [0.05, 0.1) is 16.9 Å². The molecule has 6 rings (SSSR count). The zero-order valence-electron chi connectivity index (χ0n) is 25.1. The average Bonchev–Trinajstić information content (AvgIpc) is 3.42. The lowest BCUT2D eigenvalue weighted by Crippen LogP contribution is -2.34. The molecule has 0 bridgehead atoms. The fourth-order valence-electron chi connectivity index (χ4n) is 5.56. The molecule has 2 amide bonds. The van der Waals surface area contributed by atoms with Crippen LogP contribution in [0.5, 0.6) is 5.75 Å². The number of amides is 2. The fourth-order valence-corrected chi connectivity index (χ4v) is 6.43. The van der Waals surface area contributed by atoms with Gasteiger partial charge in [-0.05, 0) is 79.6 Å². The summed E-state index contributed by atoms with van der Waals surface area (Å²) in [5, 5.41) is 9.63. The van der Waals surface area contributed by atoms with E-state index in [1.165, 1.54) is 57.7 Å². The van der Waals surface area contributed by atoms with Crippen LogP contribution in [0.1, 0.15) is 55.0 Å². The van der Waals surface area contributed by atoms with Crippen LogP contribution in [0.25, 0.3) is 22.8 Å². The van der Waals surface area contributed by atoms with Crippen molar-refractivity contribution in [2.24, 2.45) is 4.99 Å². The highest BCUT2D eigenvalue weighted by Crippen LogP contribution is 2.46. The molecule has 232 valence electrons. The van der Waals surface area contributed by atoms with Crippen LogP contribution in [0.3, 0.4) is 0 Å². The van der Waals surface area contributed by atoms with Crippen molar-refractivity contribution in [2.75, 3.05) is 0 Å². The van der Waals surface area contributed by atoms with Crippen LogP contribution in [0, 0.1) is 13.8 Å². The maximum absolute atomic E-state index is 13.3. The maximum Gasteiger partial charge on any atom is 0.573 e. The second kappa shape index (κ2) is 11.7. The van der Waals surface area contributed by atoms with Gasteiger partial charge in [0.25, 0.3) is 0 Å². The predicted octanol–water partition coefficient (Wildman–Crippen LogP) is 7.72. The van der Waals surface area contributed by atoms with Crippen LogP contribution >= 0.6 is 11.3 Å². The van der Waals surface area contributed by atoms with Gasteiger partial charge < -0.3 is 10.1 Å². The molecule has 5 aromatic rings. The summed E-state index contributed by atoms with van der Waals surface area (Å²) in [6.07, 6.45) is -1.66. The first kappa shape index (κ1) is 30.3. The number of urea groups is 1. The van der Waals surface area contributed by atoms with E-state index >= 15 is 0 Å². The van der Waals surface area contributed by atoms with Gasteiger partial charge in [0.1, 0.15) is 12.1 Å². The predicted molar refractivity (Wildman–Crippen MR) is 166 cm³/mol. The van der Waals surface area contributed by atoms with E-state index < -0.39 is 17.9 Å². The summed E-state index contributed by atoms with van der Waals surface area (Å²) in [6.45, 7) is 8.46. The summed E-state index contributed by atoms with van der Waals surface area (Å²) in [7, 11) is 0. The van der Waals surface area contributed by atoms with E-state index in [-0.39, 0.29) is 5.75 Å². The Balaban J connectivity index is 1.18. The molecule has 0 atom stereocenters. The lowest BCUT2D eigenvalue weighted by atomic mass is 9.96. The van der Waals surface area contributed by atoms with Gasteiger partial charge in [0, 0.05) is 16.6 Å². The second-order valence-corrected chi connectivity index (χ2v) is 12.2. The highest BCUT2D eigenvalue weighted by Gasteiger charge is 2.45. The van der Waals surface area contributed by atoms with Crippen molar-refractivity contribution in [3.8, 4) is 28.5 Å². The van der Waals surface area contributed by atoms with Crippen molar-refractivity contribution in [3.05, 3.63) is 106 Å². The number of alkyl halides is 3. The third kappa shape index (κ3) is 6.41. The number of ether oxygens (including phenoxy) is 1. The molecule has 12 heteroatoms. The summed E-state index contributed by atoms with van der Waals surface area (Å²) >= 11 is 1.44. The molecule has 2 aromatic heterocycles. The topological polar surface area (TPSA) is 86.3 Å². The molecule has 8 nitrogen and oxygen atoms in total. The number of nitrogens with zero attached hydrogens (tertiary/aromatic N) is 5. The standard InChI is InChI=1S/C33H31F3N6O2S/c1-20(2)28-21(3)6-5-7-27(28)42-22(4)18-45-31(42)38-30(43)39-32(16-17-32)24-10-8-23(9-11-24)29-37-19-41(40-29)25-12-14-26(15-13-25)44-33(34,35)36/h5-15,18-20H,16-17H2,1-4H3,(H,39,43). The van der Waals surface area contributed by atoms with Crippen molar-refractivity contribution < 1.29 is 22.7 Å². The molecule has 2 heterocycles. The van der Waals surface area contributed by atoms with Crippen molar-refractivity contribution >= 4 is 17.4 Å². The molecule has 0 aliphatic heterocycles. The number of hydrogen-bond donors (Lipinski definition) is 1. The van der Waals surface area contributed by atoms with E-state index in [1.54, 1.807) is 0 Å². The van der Waals surface area contributed by atoms with Gasteiger partial charge >= 0.3 is 12.4 Å². The molecule has 0 radical (unpaired) electrons. The summed E-state index contributed by atoms with van der Waals surface area (Å²) in [4.78, 5) is 22.7. The number of aryl methyl sites for hydroxylation is 2. The molecule has 0 spiro atoms. The first-order valence-corrected chi connectivity index (χ1v) is 15.3. The Morgan fingerprint density at radius 1 is 1.04 bits per heavy atom. The number of halogens is 3. The van der Waals surface area contributed by atoms with Gasteiger partial charge in [0.2, 0.25) is 0 Å². The molecule has 3 aromatic carbocycles. The van der Waals surface area contributed by atoms with E-state index in [1.807, 2.05) is 42.6 Å². The molecular formula is C33H31F3N6O2S. The number of rotatable bonds is 7. The van der Waals surface area contributed by atoms with Crippen LogP contribution in [-0.2, 0) is 5.54 Å². The van der Waals surface area contributed by atoms with Crippen molar-refractivity contribution in [1.82, 2.24) is 24.6 Å². The number of aromatic nitrogens is 4. The molecule has 0 unspecified atom stereocenters. The third-order valence-electron chi connectivity index (χ3n) is 7.81. The van der Waals surface area contributed by atoms with E-state index in [0.29, 0.717) is 22.2 Å². The number of thiazole rings is 1. The summed E-state index contributed by atoms with van der Waals surface area (Å²) in [5.74, 6) is 0.451. The molecule has 1 saturated carbocycles. The Bertz CT molecular complexity index is 1920. The zero-order valence-corrected chi connectivity index (χ0v) is 25.9. The van der Waals surface area contributed by atoms with Gasteiger partial charge in [0.15, 0.2) is 10.6 Å². The Labute approximate surface area is 261 Å². The van der Waals surface area contributed by atoms with Crippen LogP contribution in [0.4, 0.5) is 18.0 Å². The number of nitrogens with one attached hydrogen (secondary N) is 1. The third-order valence-corrected chi connectivity index (χ3v) is 8.76. The first-order valence-electron chi connectivity index (χ1n) is 14.5. The van der Waals surface area contributed by atoms with Gasteiger partial charge in [-0.15, -0.1) is 29.6 Å². The second-order valence-electron chi connectivity index (χ2n) is 11.4. The molecule has 1 aliphatic rings. The monoisotopic (exact) mass is 632 g/mol. The summed E-state index contributed by atoms with van der Waals surface area (Å²) in [5.41, 5.74) is 6.25. The number of carbonyl (C=O) groups is 1. The van der Waals surface area contributed by atoms with Gasteiger partial charge in [-0.3, -0.25) is 4.57 Å². The van der Waals surface area contributed by atoms with Crippen molar-refractivity contribution in [2.45, 2.75) is 58.4 Å². The van der Waals surface area contributed by atoms with Gasteiger partial charge in [-0.1, -0.05) is 50.2 Å². The molecular weight excluding hydrogens is 601 g/mol. The minimum Gasteiger partial charge on any atom is -0.406 e. The lowest BCUT2D eigenvalue weighted by molar-refractivity contribution is -0.274. The fraction of sp³-hybridized carbons (Fsp3) is 0.273. The van der Waals surface area contributed by atoms with E-state index in [4.69, 9.17) is 0 Å². The largest absolute Gasteiger partial charge is 0.573 e. The van der Waals surface area contributed by atoms with Crippen LogP contribution in [0.15, 0.2) is 83.4 Å². The Hall–Kier alpha value is -4.71. The van der Waals surface area contributed by atoms with Crippen molar-refractivity contribution in [1.29, 1.82) is 0 Å². The smallest absolute Gasteiger partial charge is 0.406 e. The minimum absolute atomic E-state index is 0.310. The minimum atomic E-state index is -4.75. The summed E-state index contributed by atoms with van der Waals surface area (Å²) < 4.78 is 44.8. The Morgan fingerprint density at radius 3 is 2.40 bits per heavy atom. The molecule has 45 heavy (non-hydrogen) atoms. The van der Waals surface area contributed by atoms with Gasteiger partial charge in [-0.2, -0.15) is 4.99 Å². The quantitative estimate of drug-likeness (QED) is 0.199. The van der Waals surface area contributed by atoms with E-state index in [0.717, 1.165) is 35.3 Å². The SMILES string of the molecule is Cc1cccc(-n2c(C)csc2=NC(=O)NC2(c3ccc(-c4ncn(-c5ccc(OC(F)(F)F)cc5)n4)cc3)CC2)c1C(C)C. The van der Waals surface area contributed by atoms with Crippen LogP contribution in [0.2, 0.25) is 0 Å². The molecule has 1 N–H and O–H groups in total. The highest BCUT2D eigenvalue weighted by atomic mass is 32.1. The molecule has 0 saturated heterocycles. The lowest BCUT2D eigenvalue weighted by Gasteiger charge is -2.18.